The molecule has 0 N–H and O–H groups in total. The molecular formula is C6H5BrF2S. The fourth-order valence-corrected chi connectivity index (χ4v) is 2.01. The van der Waals surface area contributed by atoms with E-state index in [0.29, 0.717) is 0 Å². The SMILES string of the molecule is Cc1sc(C(F)F)cc1Br. The van der Waals surface area contributed by atoms with Gasteiger partial charge in [-0.15, -0.1) is 11.3 Å². The summed E-state index contributed by atoms with van der Waals surface area (Å²) in [4.78, 5) is 1.03. The van der Waals surface area contributed by atoms with E-state index in [1.165, 1.54) is 6.07 Å². The molecular weight excluding hydrogens is 222 g/mol. The van der Waals surface area contributed by atoms with Gasteiger partial charge in [0.1, 0.15) is 0 Å². The van der Waals surface area contributed by atoms with Gasteiger partial charge in [-0.2, -0.15) is 0 Å². The molecule has 56 valence electrons. The maximum atomic E-state index is 11.9. The van der Waals surface area contributed by atoms with Gasteiger partial charge in [-0.25, -0.2) is 8.78 Å². The zero-order chi connectivity index (χ0) is 7.72. The lowest BCUT2D eigenvalue weighted by Gasteiger charge is -1.88. The molecule has 1 rings (SSSR count). The maximum Gasteiger partial charge on any atom is 0.272 e. The number of halogens is 3. The van der Waals surface area contributed by atoms with E-state index < -0.39 is 6.43 Å². The highest BCUT2D eigenvalue weighted by Gasteiger charge is 2.11. The number of thiophene rings is 1. The molecule has 0 nitrogen and oxygen atoms in total. The van der Waals surface area contributed by atoms with Crippen LogP contribution in [0.1, 0.15) is 16.2 Å². The third-order valence-corrected chi connectivity index (χ3v) is 3.24. The normalized spacial score (nSPS) is 10.9. The summed E-state index contributed by atoms with van der Waals surface area (Å²) in [6, 6.07) is 1.46. The minimum atomic E-state index is -2.34. The van der Waals surface area contributed by atoms with Gasteiger partial charge < -0.3 is 0 Å². The Balaban J connectivity index is 2.98. The second kappa shape index (κ2) is 2.96. The van der Waals surface area contributed by atoms with Crippen molar-refractivity contribution < 1.29 is 8.78 Å². The fourth-order valence-electron chi connectivity index (χ4n) is 0.589. The molecule has 1 aromatic heterocycles. The van der Waals surface area contributed by atoms with Crippen molar-refractivity contribution in [2.75, 3.05) is 0 Å². The van der Waals surface area contributed by atoms with E-state index in [-0.39, 0.29) is 4.88 Å². The van der Waals surface area contributed by atoms with E-state index in [4.69, 9.17) is 0 Å². The Labute approximate surface area is 70.0 Å². The average Bonchev–Trinajstić information content (AvgIpc) is 2.13. The summed E-state index contributed by atoms with van der Waals surface area (Å²) in [6.07, 6.45) is -2.34. The molecule has 0 aromatic carbocycles. The molecule has 0 fully saturated rings. The van der Waals surface area contributed by atoms with Crippen LogP contribution in [0.15, 0.2) is 10.5 Å². The van der Waals surface area contributed by atoms with Crippen LogP contribution in [0.3, 0.4) is 0 Å². The van der Waals surface area contributed by atoms with Gasteiger partial charge in [0.25, 0.3) is 6.43 Å². The predicted molar refractivity (Wildman–Crippen MR) is 41.7 cm³/mol. The van der Waals surface area contributed by atoms with Crippen molar-refractivity contribution in [2.45, 2.75) is 13.3 Å². The summed E-state index contributed by atoms with van der Waals surface area (Å²) in [5.74, 6) is 0. The van der Waals surface area contributed by atoms with Gasteiger partial charge in [0.05, 0.1) is 4.88 Å². The summed E-state index contributed by atoms with van der Waals surface area (Å²) in [5.41, 5.74) is 0. The highest BCUT2D eigenvalue weighted by Crippen LogP contribution is 2.32. The second-order valence-corrected chi connectivity index (χ2v) is 4.00. The number of alkyl halides is 2. The molecule has 0 saturated carbocycles. The number of hydrogen-bond donors (Lipinski definition) is 0. The predicted octanol–water partition coefficient (Wildman–Crippen LogP) is 3.76. The molecule has 1 aromatic rings. The zero-order valence-electron chi connectivity index (χ0n) is 5.20. The van der Waals surface area contributed by atoms with E-state index in [1.807, 2.05) is 0 Å². The van der Waals surface area contributed by atoms with Crippen LogP contribution in [0.25, 0.3) is 0 Å². The van der Waals surface area contributed by atoms with Gasteiger partial charge in [0.2, 0.25) is 0 Å². The zero-order valence-corrected chi connectivity index (χ0v) is 7.60. The lowest BCUT2D eigenvalue weighted by Crippen LogP contribution is -1.72. The molecule has 0 saturated heterocycles. The quantitative estimate of drug-likeness (QED) is 0.685. The number of aryl methyl sites for hydroxylation is 1. The Morgan fingerprint density at radius 2 is 2.20 bits per heavy atom. The standard InChI is InChI=1S/C6H5BrF2S/c1-3-4(7)2-5(10-3)6(8)9/h2,6H,1H3. The third-order valence-electron chi connectivity index (χ3n) is 1.09. The molecule has 0 atom stereocenters. The summed E-state index contributed by atoms with van der Waals surface area (Å²) in [6.45, 7) is 1.81. The van der Waals surface area contributed by atoms with Gasteiger partial charge in [0, 0.05) is 9.35 Å². The van der Waals surface area contributed by atoms with E-state index in [1.54, 1.807) is 6.92 Å². The van der Waals surface area contributed by atoms with Gasteiger partial charge in [-0.05, 0) is 28.9 Å². The van der Waals surface area contributed by atoms with Crippen LogP contribution >= 0.6 is 27.3 Å². The first kappa shape index (κ1) is 8.14. The van der Waals surface area contributed by atoms with Crippen molar-refractivity contribution in [1.29, 1.82) is 0 Å². The molecule has 0 spiro atoms. The lowest BCUT2D eigenvalue weighted by molar-refractivity contribution is 0.155. The van der Waals surface area contributed by atoms with Crippen LogP contribution in [0.4, 0.5) is 8.78 Å². The Bertz CT molecular complexity index is 212. The first-order chi connectivity index (χ1) is 4.61. The van der Waals surface area contributed by atoms with E-state index in [2.05, 4.69) is 15.9 Å². The highest BCUT2D eigenvalue weighted by atomic mass is 79.9. The summed E-state index contributed by atoms with van der Waals surface area (Å²) in [5, 5.41) is 0. The minimum absolute atomic E-state index is 0.129. The van der Waals surface area contributed by atoms with Crippen molar-refractivity contribution >= 4 is 27.3 Å². The Kier molecular flexibility index (Phi) is 2.41. The molecule has 10 heavy (non-hydrogen) atoms. The molecule has 4 heteroatoms. The van der Waals surface area contributed by atoms with Crippen molar-refractivity contribution in [3.63, 3.8) is 0 Å². The smallest absolute Gasteiger partial charge is 0.204 e. The second-order valence-electron chi connectivity index (χ2n) is 1.85. The van der Waals surface area contributed by atoms with Crippen LogP contribution in [0.5, 0.6) is 0 Å². The average molecular weight is 227 g/mol. The van der Waals surface area contributed by atoms with Gasteiger partial charge >= 0.3 is 0 Å². The van der Waals surface area contributed by atoms with Crippen molar-refractivity contribution in [3.8, 4) is 0 Å². The van der Waals surface area contributed by atoms with Crippen LogP contribution in [0, 0.1) is 6.92 Å². The molecule has 0 unspecified atom stereocenters. The molecule has 1 heterocycles. The largest absolute Gasteiger partial charge is 0.272 e. The van der Waals surface area contributed by atoms with Gasteiger partial charge in [-0.1, -0.05) is 0 Å². The third kappa shape index (κ3) is 1.55. The molecule has 0 aliphatic rings. The number of rotatable bonds is 1. The summed E-state index contributed by atoms with van der Waals surface area (Å²) < 4.78 is 24.7. The van der Waals surface area contributed by atoms with Crippen LogP contribution < -0.4 is 0 Å². The van der Waals surface area contributed by atoms with E-state index in [0.717, 1.165) is 20.7 Å². The molecule has 0 aliphatic carbocycles. The highest BCUT2D eigenvalue weighted by molar-refractivity contribution is 9.10. The van der Waals surface area contributed by atoms with Crippen LogP contribution in [-0.2, 0) is 0 Å². The minimum Gasteiger partial charge on any atom is -0.204 e. The monoisotopic (exact) mass is 226 g/mol. The topological polar surface area (TPSA) is 0 Å². The Morgan fingerprint density at radius 1 is 1.60 bits per heavy atom. The maximum absolute atomic E-state index is 11.9. The molecule has 0 aliphatic heterocycles. The van der Waals surface area contributed by atoms with Crippen LogP contribution in [-0.4, -0.2) is 0 Å². The van der Waals surface area contributed by atoms with Gasteiger partial charge in [-0.3, -0.25) is 0 Å². The Morgan fingerprint density at radius 3 is 2.40 bits per heavy atom. The Hall–Kier alpha value is 0.0400. The lowest BCUT2D eigenvalue weighted by atomic mass is 10.4. The van der Waals surface area contributed by atoms with Crippen LogP contribution in [0.2, 0.25) is 0 Å². The van der Waals surface area contributed by atoms with Crippen molar-refractivity contribution in [2.24, 2.45) is 0 Å². The molecule has 0 radical (unpaired) electrons. The summed E-state index contributed by atoms with van der Waals surface area (Å²) >= 11 is 4.29. The van der Waals surface area contributed by atoms with Crippen molar-refractivity contribution in [1.82, 2.24) is 0 Å². The summed E-state index contributed by atoms with van der Waals surface area (Å²) in [7, 11) is 0. The van der Waals surface area contributed by atoms with Gasteiger partial charge in [0.15, 0.2) is 0 Å². The number of hydrogen-bond acceptors (Lipinski definition) is 1. The van der Waals surface area contributed by atoms with Crippen molar-refractivity contribution in [3.05, 3.63) is 20.3 Å². The molecule has 0 bridgehead atoms. The van der Waals surface area contributed by atoms with E-state index >= 15 is 0 Å². The molecule has 0 amide bonds. The first-order valence-corrected chi connectivity index (χ1v) is 4.26. The fraction of sp³-hybridized carbons (Fsp3) is 0.333. The van der Waals surface area contributed by atoms with E-state index in [9.17, 15) is 8.78 Å². The first-order valence-electron chi connectivity index (χ1n) is 2.65.